The zero-order valence-corrected chi connectivity index (χ0v) is 6.35. The lowest BCUT2D eigenvalue weighted by Gasteiger charge is -1.92. The van der Waals surface area contributed by atoms with Gasteiger partial charge in [0.15, 0.2) is 11.2 Å². The van der Waals surface area contributed by atoms with Crippen molar-refractivity contribution >= 4 is 17.1 Å². The van der Waals surface area contributed by atoms with Crippen LogP contribution in [0.15, 0.2) is 16.3 Å². The van der Waals surface area contributed by atoms with Gasteiger partial charge in [-0.05, 0) is 0 Å². The van der Waals surface area contributed by atoms with Gasteiger partial charge < -0.3 is 5.73 Å². The molecule has 0 saturated heterocycles. The molecule has 2 aromatic rings. The third-order valence-corrected chi connectivity index (χ3v) is 1.52. The van der Waals surface area contributed by atoms with Crippen molar-refractivity contribution in [3.63, 3.8) is 0 Å². The van der Waals surface area contributed by atoms with E-state index in [0.717, 1.165) is 4.68 Å². The molecule has 2 aromatic heterocycles. The molecule has 4 N–H and O–H groups in total. The summed E-state index contributed by atoms with van der Waals surface area (Å²) >= 11 is 0. The Morgan fingerprint density at radius 1 is 1.69 bits per heavy atom. The molecule has 0 aliphatic heterocycles. The molecule has 0 bridgehead atoms. The van der Waals surface area contributed by atoms with Gasteiger partial charge in [-0.3, -0.25) is 9.78 Å². The maximum absolute atomic E-state index is 11.2. The van der Waals surface area contributed by atoms with Crippen molar-refractivity contribution in [1.82, 2.24) is 19.6 Å². The summed E-state index contributed by atoms with van der Waals surface area (Å²) < 4.78 is 1.06. The van der Waals surface area contributed by atoms with Crippen molar-refractivity contribution in [2.45, 2.75) is 0 Å². The predicted octanol–water partition coefficient (Wildman–Crippen LogP) is -0.504. The Labute approximate surface area is 70.9 Å². The number of nitrogens with one attached hydrogen (secondary N) is 2. The number of nitrogens with zero attached hydrogens (tertiary/aromatic N) is 4. The Hall–Kier alpha value is -2.25. The molecule has 0 unspecified atom stereocenters. The van der Waals surface area contributed by atoms with Gasteiger partial charge in [0.05, 0.1) is 0 Å². The van der Waals surface area contributed by atoms with Gasteiger partial charge in [0, 0.05) is 0 Å². The summed E-state index contributed by atoms with van der Waals surface area (Å²) in [5, 5.41) is 3.07. The Bertz CT molecular complexity index is 523. The molecule has 0 radical (unpaired) electrons. The first-order valence-electron chi connectivity index (χ1n) is 3.33. The van der Waals surface area contributed by atoms with Crippen molar-refractivity contribution < 1.29 is 0 Å². The summed E-state index contributed by atoms with van der Waals surface area (Å²) in [7, 11) is 0. The third kappa shape index (κ3) is 0.956. The van der Waals surface area contributed by atoms with Crippen LogP contribution < -0.4 is 11.3 Å². The molecule has 8 nitrogen and oxygen atoms in total. The summed E-state index contributed by atoms with van der Waals surface area (Å²) in [5.41, 5.74) is 11.9. The second kappa shape index (κ2) is 2.37. The number of aromatic nitrogens is 4. The first kappa shape index (κ1) is 7.40. The van der Waals surface area contributed by atoms with Gasteiger partial charge in [0.25, 0.3) is 5.56 Å². The number of aromatic amines is 1. The van der Waals surface area contributed by atoms with E-state index in [-0.39, 0.29) is 17.1 Å². The highest BCUT2D eigenvalue weighted by Crippen LogP contribution is 2.04. The van der Waals surface area contributed by atoms with Gasteiger partial charge in [0.2, 0.25) is 5.95 Å². The van der Waals surface area contributed by atoms with Crippen LogP contribution in [0.2, 0.25) is 0 Å². The molecule has 66 valence electrons. The van der Waals surface area contributed by atoms with Crippen LogP contribution >= 0.6 is 0 Å². The monoisotopic (exact) mass is 179 g/mol. The smallest absolute Gasteiger partial charge is 0.280 e. The number of hydrogen-bond donors (Lipinski definition) is 3. The summed E-state index contributed by atoms with van der Waals surface area (Å²) in [6.07, 6.45) is 1.22. The lowest BCUT2D eigenvalue weighted by Crippen LogP contribution is -2.11. The third-order valence-electron chi connectivity index (χ3n) is 1.52. The minimum absolute atomic E-state index is 0.0251. The highest BCUT2D eigenvalue weighted by atomic mass is 16.1. The first-order chi connectivity index (χ1) is 6.22. The highest BCUT2D eigenvalue weighted by molar-refractivity contribution is 5.70. The number of nitrogens with two attached hydrogens (primary N) is 1. The Balaban J connectivity index is 2.98. The average Bonchev–Trinajstić information content (AvgIpc) is 2.47. The maximum Gasteiger partial charge on any atom is 0.280 e. The van der Waals surface area contributed by atoms with Crippen LogP contribution in [0.4, 0.5) is 5.95 Å². The molecule has 13 heavy (non-hydrogen) atoms. The second-order valence-corrected chi connectivity index (χ2v) is 2.31. The lowest BCUT2D eigenvalue weighted by molar-refractivity contribution is 0.780. The van der Waals surface area contributed by atoms with E-state index in [2.05, 4.69) is 20.2 Å². The van der Waals surface area contributed by atoms with Crippen LogP contribution in [-0.2, 0) is 0 Å². The zero-order chi connectivity index (χ0) is 9.42. The molecular formula is C5H5N7O. The number of rotatable bonds is 1. The number of H-pyrrole nitrogens is 1. The summed E-state index contributed by atoms with van der Waals surface area (Å²) in [6, 6.07) is 0. The molecule has 0 aromatic carbocycles. The van der Waals surface area contributed by atoms with Crippen molar-refractivity contribution in [3.05, 3.63) is 16.7 Å². The van der Waals surface area contributed by atoms with Crippen molar-refractivity contribution in [3.8, 4) is 0 Å². The van der Waals surface area contributed by atoms with Crippen LogP contribution in [0.1, 0.15) is 0 Å². The minimum atomic E-state index is -0.440. The van der Waals surface area contributed by atoms with Crippen LogP contribution in [0.25, 0.3) is 11.2 Å². The number of hydrogen-bond acceptors (Lipinski definition) is 6. The van der Waals surface area contributed by atoms with Gasteiger partial charge in [-0.15, -0.1) is 0 Å². The number of nitrogen functional groups attached to an aromatic ring is 1. The number of fused-ring (bicyclic) bond motifs is 1. The van der Waals surface area contributed by atoms with E-state index in [1.165, 1.54) is 6.33 Å². The van der Waals surface area contributed by atoms with E-state index >= 15 is 0 Å². The lowest BCUT2D eigenvalue weighted by atomic mass is 10.5. The first-order valence-corrected chi connectivity index (χ1v) is 3.33. The quantitative estimate of drug-likeness (QED) is 0.510. The van der Waals surface area contributed by atoms with Gasteiger partial charge in [-0.2, -0.15) is 15.2 Å². The topological polar surface area (TPSA) is 126 Å². The fourth-order valence-corrected chi connectivity index (χ4v) is 0.988. The molecule has 0 aliphatic rings. The summed E-state index contributed by atoms with van der Waals surface area (Å²) in [6.45, 7) is 0. The number of imidazole rings is 1. The fraction of sp³-hybridized carbons (Fsp3) is 0. The van der Waals surface area contributed by atoms with Crippen LogP contribution in [0.5, 0.6) is 0 Å². The molecule has 0 saturated carbocycles. The predicted molar refractivity (Wildman–Crippen MR) is 43.1 cm³/mol. The second-order valence-electron chi connectivity index (χ2n) is 2.31. The van der Waals surface area contributed by atoms with Crippen LogP contribution in [-0.4, -0.2) is 19.6 Å². The molecule has 0 atom stereocenters. The number of anilines is 1. The SMILES string of the molecule is N=Nn1cnc2c(=O)[nH]c(N)nc21. The van der Waals surface area contributed by atoms with Crippen molar-refractivity contribution in [1.29, 1.82) is 5.53 Å². The van der Waals surface area contributed by atoms with E-state index in [1.54, 1.807) is 0 Å². The largest absolute Gasteiger partial charge is 0.369 e. The Morgan fingerprint density at radius 3 is 3.15 bits per heavy atom. The fourth-order valence-electron chi connectivity index (χ4n) is 0.988. The molecular weight excluding hydrogens is 174 g/mol. The normalized spacial score (nSPS) is 10.5. The molecule has 8 heteroatoms. The standard InChI is InChI=1S/C5H5N7O/c6-5-9-3-2(4(13)10-5)8-1-12(3)11-7/h1,7H,(H3,6,9,10,13). The minimum Gasteiger partial charge on any atom is -0.369 e. The van der Waals surface area contributed by atoms with Crippen LogP contribution in [0.3, 0.4) is 0 Å². The molecule has 0 amide bonds. The molecule has 2 rings (SSSR count). The van der Waals surface area contributed by atoms with E-state index < -0.39 is 5.56 Å². The van der Waals surface area contributed by atoms with Gasteiger partial charge in [-0.25, -0.2) is 4.98 Å². The average molecular weight is 179 g/mol. The molecule has 2 heterocycles. The van der Waals surface area contributed by atoms with E-state index in [0.29, 0.717) is 0 Å². The van der Waals surface area contributed by atoms with E-state index in [1.807, 2.05) is 0 Å². The highest BCUT2D eigenvalue weighted by Gasteiger charge is 2.07. The molecule has 0 spiro atoms. The Morgan fingerprint density at radius 2 is 2.46 bits per heavy atom. The van der Waals surface area contributed by atoms with Gasteiger partial charge >= 0.3 is 0 Å². The van der Waals surface area contributed by atoms with Crippen LogP contribution in [0, 0.1) is 5.53 Å². The molecule has 0 aliphatic carbocycles. The van der Waals surface area contributed by atoms with Crippen molar-refractivity contribution in [2.75, 3.05) is 5.73 Å². The molecule has 0 fully saturated rings. The summed E-state index contributed by atoms with van der Waals surface area (Å²) in [4.78, 5) is 21.0. The Kier molecular flexibility index (Phi) is 1.35. The maximum atomic E-state index is 11.2. The van der Waals surface area contributed by atoms with Gasteiger partial charge in [-0.1, -0.05) is 5.22 Å². The van der Waals surface area contributed by atoms with E-state index in [4.69, 9.17) is 11.3 Å². The van der Waals surface area contributed by atoms with Crippen molar-refractivity contribution in [2.24, 2.45) is 5.22 Å². The zero-order valence-electron chi connectivity index (χ0n) is 6.35. The van der Waals surface area contributed by atoms with E-state index in [9.17, 15) is 4.79 Å². The summed E-state index contributed by atoms with van der Waals surface area (Å²) in [5.74, 6) is -0.0251. The van der Waals surface area contributed by atoms with Gasteiger partial charge in [0.1, 0.15) is 6.33 Å².